The summed E-state index contributed by atoms with van der Waals surface area (Å²) in [5.74, 6) is -0.907. The summed E-state index contributed by atoms with van der Waals surface area (Å²) in [5.41, 5.74) is 2.06. The van der Waals surface area contributed by atoms with Gasteiger partial charge in [-0.2, -0.15) is 5.10 Å². The molecule has 4 rings (SSSR count). The van der Waals surface area contributed by atoms with E-state index in [0.717, 1.165) is 12.8 Å². The number of halogens is 1. The lowest BCUT2D eigenvalue weighted by molar-refractivity contribution is -0.132. The summed E-state index contributed by atoms with van der Waals surface area (Å²) in [4.78, 5) is 40.5. The molecule has 1 aromatic heterocycles. The Balaban J connectivity index is 1.26. The van der Waals surface area contributed by atoms with Gasteiger partial charge in [0.05, 0.1) is 23.8 Å². The monoisotopic (exact) mass is 496 g/mol. The van der Waals surface area contributed by atoms with E-state index < -0.39 is 29.3 Å². The molecular weight excluding hydrogens is 467 g/mol. The lowest BCUT2D eigenvalue weighted by atomic mass is 9.80. The number of Topliss-reactive ketones (excluding diaryl/α,β-unsaturated/α-hetero) is 1. The number of rotatable bonds is 10. The van der Waals surface area contributed by atoms with Crippen molar-refractivity contribution in [3.63, 3.8) is 0 Å². The molecule has 3 atom stereocenters. The second kappa shape index (κ2) is 10.4. The molecular formula is C25H29FN6O4. The van der Waals surface area contributed by atoms with Crippen LogP contribution in [0.25, 0.3) is 0 Å². The average Bonchev–Trinajstić information content (AvgIpc) is 3.64. The third-order valence-corrected chi connectivity index (χ3v) is 6.48. The van der Waals surface area contributed by atoms with Gasteiger partial charge in [-0.1, -0.05) is 6.08 Å². The SMILES string of the molecule is CC(Oc1ccc(C(=O)C2CC2)nc1)C(=N)/C=N\NC1=CCC(C)(C(=O)N[C@H]2CCNC2=O)C(F)=C1. The molecule has 1 saturated carbocycles. The van der Waals surface area contributed by atoms with Crippen LogP contribution in [0.5, 0.6) is 5.75 Å². The van der Waals surface area contributed by atoms with E-state index in [1.807, 2.05) is 0 Å². The van der Waals surface area contributed by atoms with Gasteiger partial charge in [0.25, 0.3) is 0 Å². The maximum Gasteiger partial charge on any atom is 0.242 e. The van der Waals surface area contributed by atoms with Crippen molar-refractivity contribution in [1.82, 2.24) is 21.0 Å². The predicted molar refractivity (Wildman–Crippen MR) is 130 cm³/mol. The smallest absolute Gasteiger partial charge is 0.242 e. The molecule has 2 unspecified atom stereocenters. The molecule has 11 heteroatoms. The highest BCUT2D eigenvalue weighted by atomic mass is 19.1. The van der Waals surface area contributed by atoms with Crippen molar-refractivity contribution in [2.75, 3.05) is 6.54 Å². The predicted octanol–water partition coefficient (Wildman–Crippen LogP) is 2.19. The molecule has 190 valence electrons. The Morgan fingerprint density at radius 3 is 2.75 bits per heavy atom. The molecule has 2 amide bonds. The fourth-order valence-electron chi connectivity index (χ4n) is 3.79. The van der Waals surface area contributed by atoms with Crippen molar-refractivity contribution >= 4 is 29.5 Å². The van der Waals surface area contributed by atoms with Gasteiger partial charge in [0.15, 0.2) is 5.78 Å². The van der Waals surface area contributed by atoms with E-state index in [0.29, 0.717) is 30.1 Å². The van der Waals surface area contributed by atoms with Crippen molar-refractivity contribution in [2.45, 2.75) is 51.7 Å². The van der Waals surface area contributed by atoms with Gasteiger partial charge < -0.3 is 15.4 Å². The van der Waals surface area contributed by atoms with E-state index in [9.17, 15) is 18.8 Å². The number of hydrazone groups is 1. The Morgan fingerprint density at radius 2 is 2.14 bits per heavy atom. The summed E-state index contributed by atoms with van der Waals surface area (Å²) >= 11 is 0. The molecule has 2 fully saturated rings. The van der Waals surface area contributed by atoms with Crippen LogP contribution in [0.4, 0.5) is 4.39 Å². The molecule has 0 bridgehead atoms. The number of carbonyl (C=O) groups is 3. The number of hydrogen-bond acceptors (Lipinski definition) is 8. The Hall–Kier alpha value is -3.89. The minimum Gasteiger partial charge on any atom is -0.483 e. The first-order valence-corrected chi connectivity index (χ1v) is 11.9. The molecule has 2 heterocycles. The normalized spacial score (nSPS) is 24.4. The van der Waals surface area contributed by atoms with Gasteiger partial charge in [0.1, 0.15) is 34.8 Å². The number of amides is 2. The molecule has 0 spiro atoms. The minimum atomic E-state index is -1.42. The van der Waals surface area contributed by atoms with Crippen molar-refractivity contribution < 1.29 is 23.5 Å². The second-order valence-corrected chi connectivity index (χ2v) is 9.40. The van der Waals surface area contributed by atoms with Gasteiger partial charge in [0, 0.05) is 12.5 Å². The molecule has 0 radical (unpaired) electrons. The van der Waals surface area contributed by atoms with Crippen LogP contribution in [-0.4, -0.2) is 53.2 Å². The van der Waals surface area contributed by atoms with Crippen LogP contribution < -0.4 is 20.8 Å². The maximum atomic E-state index is 14.9. The van der Waals surface area contributed by atoms with Crippen molar-refractivity contribution in [3.8, 4) is 5.75 Å². The highest BCUT2D eigenvalue weighted by Crippen LogP contribution is 2.37. The van der Waals surface area contributed by atoms with Crippen molar-refractivity contribution in [2.24, 2.45) is 16.4 Å². The standard InChI is InChI=1S/C25H29FN6O4/c1-14(36-17-5-6-19(29-12-17)22(33)15-3-4-15)18(27)13-30-32-16-7-9-25(2,21(26)11-16)24(35)31-20-8-10-28-23(20)34/h5-7,11-15,20,27,32H,3-4,8-10H2,1-2H3,(H,28,34)(H,31,35)/b27-18?,30-13-/t14?,20-,25?/m0/s1. The number of nitrogens with zero attached hydrogens (tertiary/aromatic N) is 2. The van der Waals surface area contributed by atoms with Crippen LogP contribution in [0.3, 0.4) is 0 Å². The Morgan fingerprint density at radius 1 is 1.36 bits per heavy atom. The lowest BCUT2D eigenvalue weighted by Gasteiger charge is -2.29. The summed E-state index contributed by atoms with van der Waals surface area (Å²) in [7, 11) is 0. The maximum absolute atomic E-state index is 14.9. The zero-order valence-corrected chi connectivity index (χ0v) is 20.1. The quantitative estimate of drug-likeness (QED) is 0.222. The zero-order valence-electron chi connectivity index (χ0n) is 20.1. The largest absolute Gasteiger partial charge is 0.483 e. The van der Waals surface area contributed by atoms with E-state index in [-0.39, 0.29) is 29.7 Å². The molecule has 4 N–H and O–H groups in total. The van der Waals surface area contributed by atoms with Crippen LogP contribution in [0.15, 0.2) is 47.1 Å². The van der Waals surface area contributed by atoms with Crippen LogP contribution >= 0.6 is 0 Å². The van der Waals surface area contributed by atoms with Crippen LogP contribution in [0, 0.1) is 16.7 Å². The summed E-state index contributed by atoms with van der Waals surface area (Å²) < 4.78 is 20.5. The zero-order chi connectivity index (χ0) is 25.9. The van der Waals surface area contributed by atoms with Gasteiger partial charge in [-0.15, -0.1) is 0 Å². The van der Waals surface area contributed by atoms with Gasteiger partial charge in [-0.3, -0.25) is 25.2 Å². The van der Waals surface area contributed by atoms with Gasteiger partial charge in [-0.05, 0) is 57.7 Å². The van der Waals surface area contributed by atoms with E-state index >= 15 is 0 Å². The highest BCUT2D eigenvalue weighted by molar-refractivity contribution is 6.31. The number of nitrogens with one attached hydrogen (secondary N) is 4. The molecule has 3 aliphatic rings. The van der Waals surface area contributed by atoms with Gasteiger partial charge in [0.2, 0.25) is 11.8 Å². The molecule has 36 heavy (non-hydrogen) atoms. The van der Waals surface area contributed by atoms with E-state index in [1.165, 1.54) is 25.4 Å². The fourth-order valence-corrected chi connectivity index (χ4v) is 3.79. The van der Waals surface area contributed by atoms with Crippen LogP contribution in [0.2, 0.25) is 0 Å². The third-order valence-electron chi connectivity index (χ3n) is 6.48. The number of pyridine rings is 1. The van der Waals surface area contributed by atoms with Gasteiger partial charge in [-0.25, -0.2) is 9.37 Å². The minimum absolute atomic E-state index is 0.0465. The third kappa shape index (κ3) is 5.67. The molecule has 0 aromatic carbocycles. The highest BCUT2D eigenvalue weighted by Gasteiger charge is 2.41. The second-order valence-electron chi connectivity index (χ2n) is 9.40. The summed E-state index contributed by atoms with van der Waals surface area (Å²) in [6.07, 6.45) is 7.24. The lowest BCUT2D eigenvalue weighted by Crippen LogP contribution is -2.47. The molecule has 10 nitrogen and oxygen atoms in total. The topological polar surface area (TPSA) is 146 Å². The first-order chi connectivity index (χ1) is 17.2. The summed E-state index contributed by atoms with van der Waals surface area (Å²) in [5, 5.41) is 17.4. The number of carbonyl (C=O) groups excluding carboxylic acids is 3. The number of hydrogen-bond donors (Lipinski definition) is 4. The number of ketones is 1. The Labute approximate surface area is 208 Å². The molecule has 1 saturated heterocycles. The van der Waals surface area contributed by atoms with E-state index in [1.54, 1.807) is 25.1 Å². The van der Waals surface area contributed by atoms with Crippen molar-refractivity contribution in [1.29, 1.82) is 5.41 Å². The average molecular weight is 497 g/mol. The fraction of sp³-hybridized carbons (Fsp3) is 0.440. The number of allylic oxidation sites excluding steroid dienone is 2. The number of aromatic nitrogens is 1. The first kappa shape index (κ1) is 25.2. The van der Waals surface area contributed by atoms with E-state index in [4.69, 9.17) is 10.1 Å². The molecule has 2 aliphatic carbocycles. The first-order valence-electron chi connectivity index (χ1n) is 11.9. The van der Waals surface area contributed by atoms with Gasteiger partial charge >= 0.3 is 0 Å². The number of ether oxygens (including phenoxy) is 1. The Kier molecular flexibility index (Phi) is 7.27. The Bertz CT molecular complexity index is 1160. The van der Waals surface area contributed by atoms with Crippen LogP contribution in [-0.2, 0) is 9.59 Å². The molecule has 1 aliphatic heterocycles. The van der Waals surface area contributed by atoms with Crippen molar-refractivity contribution in [3.05, 3.63) is 47.7 Å². The summed E-state index contributed by atoms with van der Waals surface area (Å²) in [6.45, 7) is 3.63. The molecule has 1 aromatic rings. The summed E-state index contributed by atoms with van der Waals surface area (Å²) in [6, 6.07) is 2.62. The van der Waals surface area contributed by atoms with Crippen LogP contribution in [0.1, 0.15) is 50.0 Å². The van der Waals surface area contributed by atoms with E-state index in [2.05, 4.69) is 26.1 Å².